The van der Waals surface area contributed by atoms with Crippen LogP contribution in [0.1, 0.15) is 51.8 Å². The lowest BCUT2D eigenvalue weighted by molar-refractivity contribution is -0.137. The average molecular weight is 281 g/mol. The molecule has 0 amide bonds. The zero-order valence-corrected chi connectivity index (χ0v) is 12.3. The fourth-order valence-corrected chi connectivity index (χ4v) is 1.80. The second kappa shape index (κ2) is 7.67. The molecule has 112 valence electrons. The predicted octanol–water partition coefficient (Wildman–Crippen LogP) is 2.20. The summed E-state index contributed by atoms with van der Waals surface area (Å²) in [5, 5.41) is 11.7. The number of hydrogen-bond donors (Lipinski definition) is 3. The van der Waals surface area contributed by atoms with Crippen LogP contribution in [0.2, 0.25) is 0 Å². The molecular weight excluding hydrogens is 258 g/mol. The SMILES string of the molecule is CC(CCNc1cc(=O)[nH]c(C(C)C)n1)CCC(=O)O. The van der Waals surface area contributed by atoms with Gasteiger partial charge in [-0.25, -0.2) is 4.98 Å². The summed E-state index contributed by atoms with van der Waals surface area (Å²) in [5.41, 5.74) is -0.162. The van der Waals surface area contributed by atoms with E-state index < -0.39 is 5.97 Å². The van der Waals surface area contributed by atoms with Gasteiger partial charge in [0.15, 0.2) is 0 Å². The second-order valence-electron chi connectivity index (χ2n) is 5.42. The number of nitrogens with one attached hydrogen (secondary N) is 2. The standard InChI is InChI=1S/C14H23N3O3/c1-9(2)14-16-11(8-12(18)17-14)15-7-6-10(3)4-5-13(19)20/h8-10H,4-7H2,1-3H3,(H,19,20)(H2,15,16,17,18). The molecule has 0 aromatic carbocycles. The molecule has 1 aromatic rings. The van der Waals surface area contributed by atoms with Crippen LogP contribution in [0.15, 0.2) is 10.9 Å². The summed E-state index contributed by atoms with van der Waals surface area (Å²) in [6, 6.07) is 1.44. The number of nitrogens with zero attached hydrogens (tertiary/aromatic N) is 1. The lowest BCUT2D eigenvalue weighted by Gasteiger charge is -2.12. The molecule has 0 saturated carbocycles. The molecule has 0 bridgehead atoms. The van der Waals surface area contributed by atoms with E-state index in [0.29, 0.717) is 30.5 Å². The monoisotopic (exact) mass is 281 g/mol. The number of carboxylic acid groups (broad SMARTS) is 1. The van der Waals surface area contributed by atoms with Crippen LogP contribution in [0.25, 0.3) is 0 Å². The summed E-state index contributed by atoms with van der Waals surface area (Å²) in [7, 11) is 0. The molecule has 3 N–H and O–H groups in total. The van der Waals surface area contributed by atoms with Crippen LogP contribution in [0.3, 0.4) is 0 Å². The lowest BCUT2D eigenvalue weighted by Crippen LogP contribution is -2.16. The molecule has 0 radical (unpaired) electrons. The molecule has 1 rings (SSSR count). The number of carbonyl (C=O) groups is 1. The first-order valence-corrected chi connectivity index (χ1v) is 6.95. The Morgan fingerprint density at radius 1 is 1.40 bits per heavy atom. The Bertz CT molecular complexity index is 497. The van der Waals surface area contributed by atoms with Gasteiger partial charge in [0.1, 0.15) is 11.6 Å². The van der Waals surface area contributed by atoms with Crippen LogP contribution in [-0.2, 0) is 4.79 Å². The van der Waals surface area contributed by atoms with Crippen molar-refractivity contribution < 1.29 is 9.90 Å². The van der Waals surface area contributed by atoms with Gasteiger partial charge >= 0.3 is 5.97 Å². The number of aliphatic carboxylic acids is 1. The van der Waals surface area contributed by atoms with Gasteiger partial charge in [-0.15, -0.1) is 0 Å². The number of H-pyrrole nitrogens is 1. The highest BCUT2D eigenvalue weighted by Crippen LogP contribution is 2.12. The van der Waals surface area contributed by atoms with Gasteiger partial charge in [-0.05, 0) is 18.8 Å². The molecule has 6 heteroatoms. The number of carboxylic acids is 1. The Kier molecular flexibility index (Phi) is 6.21. The van der Waals surface area contributed by atoms with Crippen molar-refractivity contribution >= 4 is 11.8 Å². The molecule has 1 unspecified atom stereocenters. The van der Waals surface area contributed by atoms with Crippen molar-refractivity contribution in [2.75, 3.05) is 11.9 Å². The van der Waals surface area contributed by atoms with Gasteiger partial charge in [-0.2, -0.15) is 0 Å². The van der Waals surface area contributed by atoms with Crippen molar-refractivity contribution in [3.8, 4) is 0 Å². The third-order valence-electron chi connectivity index (χ3n) is 3.10. The van der Waals surface area contributed by atoms with Gasteiger partial charge in [0.25, 0.3) is 5.56 Å². The van der Waals surface area contributed by atoms with E-state index in [-0.39, 0.29) is 17.9 Å². The Hall–Kier alpha value is -1.85. The molecule has 0 spiro atoms. The van der Waals surface area contributed by atoms with Gasteiger partial charge in [-0.3, -0.25) is 9.59 Å². The van der Waals surface area contributed by atoms with Gasteiger partial charge in [0.05, 0.1) is 0 Å². The molecule has 6 nitrogen and oxygen atoms in total. The average Bonchev–Trinajstić information content (AvgIpc) is 2.35. The second-order valence-corrected chi connectivity index (χ2v) is 5.42. The quantitative estimate of drug-likeness (QED) is 0.679. The van der Waals surface area contributed by atoms with E-state index in [2.05, 4.69) is 15.3 Å². The predicted molar refractivity (Wildman–Crippen MR) is 78.1 cm³/mol. The van der Waals surface area contributed by atoms with Crippen molar-refractivity contribution in [3.05, 3.63) is 22.2 Å². The zero-order valence-electron chi connectivity index (χ0n) is 12.3. The van der Waals surface area contributed by atoms with E-state index >= 15 is 0 Å². The first-order chi connectivity index (χ1) is 9.38. The van der Waals surface area contributed by atoms with E-state index in [9.17, 15) is 9.59 Å². The summed E-state index contributed by atoms with van der Waals surface area (Å²) < 4.78 is 0. The van der Waals surface area contributed by atoms with Gasteiger partial charge in [0, 0.05) is 24.9 Å². The van der Waals surface area contributed by atoms with Crippen LogP contribution in [-0.4, -0.2) is 27.6 Å². The molecule has 1 heterocycles. The highest BCUT2D eigenvalue weighted by molar-refractivity contribution is 5.66. The van der Waals surface area contributed by atoms with Crippen molar-refractivity contribution in [1.29, 1.82) is 0 Å². The maximum absolute atomic E-state index is 11.5. The minimum atomic E-state index is -0.761. The summed E-state index contributed by atoms with van der Waals surface area (Å²) >= 11 is 0. The maximum Gasteiger partial charge on any atom is 0.303 e. The van der Waals surface area contributed by atoms with Crippen LogP contribution < -0.4 is 10.9 Å². The molecule has 0 aliphatic heterocycles. The van der Waals surface area contributed by atoms with Crippen LogP contribution in [0.4, 0.5) is 5.82 Å². The molecule has 0 aliphatic carbocycles. The van der Waals surface area contributed by atoms with Crippen molar-refractivity contribution in [2.45, 2.75) is 46.0 Å². The van der Waals surface area contributed by atoms with Gasteiger partial charge in [-0.1, -0.05) is 20.8 Å². The van der Waals surface area contributed by atoms with Crippen molar-refractivity contribution in [1.82, 2.24) is 9.97 Å². The topological polar surface area (TPSA) is 95.1 Å². The molecule has 0 saturated heterocycles. The Morgan fingerprint density at radius 2 is 2.10 bits per heavy atom. The smallest absolute Gasteiger partial charge is 0.303 e. The first kappa shape index (κ1) is 16.2. The Balaban J connectivity index is 2.45. The number of anilines is 1. The van der Waals surface area contributed by atoms with Crippen LogP contribution >= 0.6 is 0 Å². The largest absolute Gasteiger partial charge is 0.481 e. The minimum Gasteiger partial charge on any atom is -0.481 e. The van der Waals surface area contributed by atoms with E-state index in [4.69, 9.17) is 5.11 Å². The fourth-order valence-electron chi connectivity index (χ4n) is 1.80. The number of aromatic amines is 1. The maximum atomic E-state index is 11.5. The van der Waals surface area contributed by atoms with E-state index in [1.807, 2.05) is 20.8 Å². The van der Waals surface area contributed by atoms with E-state index in [1.165, 1.54) is 6.07 Å². The molecule has 0 aliphatic rings. The van der Waals surface area contributed by atoms with Gasteiger partial charge < -0.3 is 15.4 Å². The zero-order chi connectivity index (χ0) is 15.1. The number of rotatable bonds is 8. The number of hydrogen-bond acceptors (Lipinski definition) is 4. The first-order valence-electron chi connectivity index (χ1n) is 6.95. The molecular formula is C14H23N3O3. The summed E-state index contributed by atoms with van der Waals surface area (Å²) in [5.74, 6) is 0.966. The molecule has 20 heavy (non-hydrogen) atoms. The molecule has 0 fully saturated rings. The molecule has 1 aromatic heterocycles. The number of aromatic nitrogens is 2. The van der Waals surface area contributed by atoms with Crippen LogP contribution in [0, 0.1) is 5.92 Å². The van der Waals surface area contributed by atoms with Crippen molar-refractivity contribution in [3.63, 3.8) is 0 Å². The Labute approximate surface area is 118 Å². The summed E-state index contributed by atoms with van der Waals surface area (Å²) in [4.78, 5) is 29.0. The summed E-state index contributed by atoms with van der Waals surface area (Å²) in [6.07, 6.45) is 1.71. The highest BCUT2D eigenvalue weighted by atomic mass is 16.4. The van der Waals surface area contributed by atoms with Gasteiger partial charge in [0.2, 0.25) is 0 Å². The van der Waals surface area contributed by atoms with Crippen LogP contribution in [0.5, 0.6) is 0 Å². The third kappa shape index (κ3) is 5.86. The normalized spacial score (nSPS) is 12.4. The fraction of sp³-hybridized carbons (Fsp3) is 0.643. The van der Waals surface area contributed by atoms with Crippen molar-refractivity contribution in [2.24, 2.45) is 5.92 Å². The minimum absolute atomic E-state index is 0.162. The third-order valence-corrected chi connectivity index (χ3v) is 3.10. The van der Waals surface area contributed by atoms with E-state index in [0.717, 1.165) is 6.42 Å². The molecule has 1 atom stereocenters. The lowest BCUT2D eigenvalue weighted by atomic mass is 10.0. The van der Waals surface area contributed by atoms with E-state index in [1.54, 1.807) is 0 Å². The summed E-state index contributed by atoms with van der Waals surface area (Å²) in [6.45, 7) is 6.64. The highest BCUT2D eigenvalue weighted by Gasteiger charge is 2.07. The Morgan fingerprint density at radius 3 is 2.70 bits per heavy atom.